The zero-order valence-electron chi connectivity index (χ0n) is 34.7. The van der Waals surface area contributed by atoms with Gasteiger partial charge in [0.05, 0.1) is 34.8 Å². The molecule has 3 aliphatic heterocycles. The summed E-state index contributed by atoms with van der Waals surface area (Å²) in [7, 11) is 2.01. The molecule has 302 valence electrons. The number of imidazole rings is 1. The molecule has 4 aromatic heterocycles. The van der Waals surface area contributed by atoms with Crippen LogP contribution < -0.4 is 20.4 Å². The van der Waals surface area contributed by atoms with Crippen molar-refractivity contribution in [2.45, 2.75) is 83.7 Å². The van der Waals surface area contributed by atoms with Crippen LogP contribution in [0, 0.1) is 12.8 Å². The monoisotopic (exact) mass is 777 g/mol. The molecular formula is C47H59N11. The Balaban J connectivity index is 0.838. The molecule has 1 saturated carbocycles. The summed E-state index contributed by atoms with van der Waals surface area (Å²) in [4.78, 5) is 22.7. The van der Waals surface area contributed by atoms with Gasteiger partial charge < -0.3 is 25.0 Å². The number of nitrogens with zero attached hydrogens (tertiary/aromatic N) is 9. The number of aromatic nitrogens is 6. The summed E-state index contributed by atoms with van der Waals surface area (Å²) in [6.45, 7) is 24.4. The van der Waals surface area contributed by atoms with Crippen molar-refractivity contribution < 1.29 is 0 Å². The Morgan fingerprint density at radius 1 is 0.879 bits per heavy atom. The minimum Gasteiger partial charge on any atom is -0.370 e. The number of pyridine rings is 2. The summed E-state index contributed by atoms with van der Waals surface area (Å²) in [5.41, 5.74) is 13.9. The topological polar surface area (TPSA) is 95.2 Å². The van der Waals surface area contributed by atoms with E-state index in [-0.39, 0.29) is 5.92 Å². The third kappa shape index (κ3) is 7.88. The Hall–Kier alpha value is -5.42. The van der Waals surface area contributed by atoms with Gasteiger partial charge in [-0.3, -0.25) is 19.5 Å². The standard InChI is InChI=1S/C47H59N11/c1-7-8-45-41(29-49-54(45)6)44-26-36(25-32(3)51-44)33(4)52-47-53-43-16-12-38(27-46(43)58(47)30-35-10-11-35)57-23-21-56(22-24-57)37-17-19-55(20-18-37)39-13-15-42(48-28-39)40-14-9-31(2)50-34(40)5/h12-13,15-16,25-29,35,37,40,50H,2,4-5,7-11,14,17-24,30H2,1,3,6H3,(H,52,53). The van der Waals surface area contributed by atoms with Gasteiger partial charge in [-0.05, 0) is 100 Å². The lowest BCUT2D eigenvalue weighted by Gasteiger charge is -2.43. The first kappa shape index (κ1) is 38.1. The van der Waals surface area contributed by atoms with Crippen LogP contribution in [0.2, 0.25) is 0 Å². The number of fused-ring (bicyclic) bond motifs is 1. The predicted octanol–water partition coefficient (Wildman–Crippen LogP) is 8.27. The fourth-order valence-electron chi connectivity index (χ4n) is 9.37. The molecule has 0 amide bonds. The number of benzene rings is 1. The molecule has 0 radical (unpaired) electrons. The van der Waals surface area contributed by atoms with Crippen LogP contribution in [0.3, 0.4) is 0 Å². The van der Waals surface area contributed by atoms with Crippen LogP contribution in [0.5, 0.6) is 0 Å². The highest BCUT2D eigenvalue weighted by atomic mass is 15.3. The van der Waals surface area contributed by atoms with Gasteiger partial charge in [-0.15, -0.1) is 0 Å². The molecule has 11 nitrogen and oxygen atoms in total. The highest BCUT2D eigenvalue weighted by Gasteiger charge is 2.30. The van der Waals surface area contributed by atoms with Gasteiger partial charge in [0.15, 0.2) is 0 Å². The molecule has 4 aliphatic rings. The zero-order chi connectivity index (χ0) is 39.9. The van der Waals surface area contributed by atoms with E-state index in [1.165, 1.54) is 48.3 Å². The van der Waals surface area contributed by atoms with Crippen LogP contribution in [0.4, 0.5) is 17.3 Å². The molecule has 0 spiro atoms. The molecule has 4 fully saturated rings. The van der Waals surface area contributed by atoms with E-state index in [0.717, 1.165) is 128 Å². The number of piperidine rings is 2. The first-order chi connectivity index (χ1) is 28.2. The lowest BCUT2D eigenvalue weighted by atomic mass is 9.91. The summed E-state index contributed by atoms with van der Waals surface area (Å²) >= 11 is 0. The smallest absolute Gasteiger partial charge is 0.208 e. The van der Waals surface area contributed by atoms with Crippen LogP contribution in [0.25, 0.3) is 28.0 Å². The Morgan fingerprint density at radius 2 is 1.66 bits per heavy atom. The second-order valence-corrected chi connectivity index (χ2v) is 17.1. The van der Waals surface area contributed by atoms with Crippen LogP contribution in [0.1, 0.15) is 80.4 Å². The molecule has 5 aromatic rings. The molecule has 9 rings (SSSR count). The van der Waals surface area contributed by atoms with Gasteiger partial charge in [-0.2, -0.15) is 5.10 Å². The van der Waals surface area contributed by atoms with Crippen LogP contribution in [-0.4, -0.2) is 79.5 Å². The van der Waals surface area contributed by atoms with E-state index < -0.39 is 0 Å². The maximum atomic E-state index is 5.14. The Labute approximate surface area is 343 Å². The average Bonchev–Trinajstić information content (AvgIpc) is 3.90. The average molecular weight is 778 g/mol. The van der Waals surface area contributed by atoms with Crippen molar-refractivity contribution in [3.8, 4) is 11.3 Å². The van der Waals surface area contributed by atoms with Crippen molar-refractivity contribution in [3.63, 3.8) is 0 Å². The van der Waals surface area contributed by atoms with Crippen LogP contribution in [0.15, 0.2) is 86.0 Å². The normalized spacial score (nSPS) is 19.5. The second kappa shape index (κ2) is 16.1. The van der Waals surface area contributed by atoms with Gasteiger partial charge in [0.1, 0.15) is 0 Å². The predicted molar refractivity (Wildman–Crippen MR) is 237 cm³/mol. The van der Waals surface area contributed by atoms with E-state index in [1.807, 2.05) is 24.9 Å². The molecule has 3 saturated heterocycles. The quantitative estimate of drug-likeness (QED) is 0.130. The van der Waals surface area contributed by atoms with Gasteiger partial charge in [0.25, 0.3) is 0 Å². The van der Waals surface area contributed by atoms with E-state index in [9.17, 15) is 0 Å². The molecule has 1 aliphatic carbocycles. The maximum Gasteiger partial charge on any atom is 0.208 e. The largest absolute Gasteiger partial charge is 0.370 e. The van der Waals surface area contributed by atoms with Gasteiger partial charge in [-0.1, -0.05) is 33.1 Å². The third-order valence-electron chi connectivity index (χ3n) is 12.9. The number of piperazine rings is 1. The second-order valence-electron chi connectivity index (χ2n) is 17.1. The molecule has 7 heterocycles. The summed E-state index contributed by atoms with van der Waals surface area (Å²) in [5.74, 6) is 1.80. The summed E-state index contributed by atoms with van der Waals surface area (Å²) in [6, 6.07) is 16.2. The van der Waals surface area contributed by atoms with Crippen molar-refractivity contribution in [1.29, 1.82) is 0 Å². The van der Waals surface area contributed by atoms with E-state index in [1.54, 1.807) is 0 Å². The molecule has 1 unspecified atom stereocenters. The van der Waals surface area contributed by atoms with Crippen LogP contribution in [-0.2, 0) is 20.0 Å². The van der Waals surface area contributed by atoms with Crippen LogP contribution >= 0.6 is 0 Å². The third-order valence-corrected chi connectivity index (χ3v) is 12.9. The number of hydrogen-bond acceptors (Lipinski definition) is 9. The minimum absolute atomic E-state index is 0.255. The molecule has 0 bridgehead atoms. The van der Waals surface area contributed by atoms with E-state index in [0.29, 0.717) is 12.0 Å². The van der Waals surface area contributed by atoms with Gasteiger partial charge >= 0.3 is 0 Å². The number of hydrogen-bond donors (Lipinski definition) is 2. The highest BCUT2D eigenvalue weighted by Crippen LogP contribution is 2.36. The molecule has 2 N–H and O–H groups in total. The lowest BCUT2D eigenvalue weighted by Crippen LogP contribution is -2.53. The fraction of sp³-hybridized carbons (Fsp3) is 0.447. The van der Waals surface area contributed by atoms with Gasteiger partial charge in [-0.25, -0.2) is 4.98 Å². The van der Waals surface area contributed by atoms with E-state index >= 15 is 0 Å². The zero-order valence-corrected chi connectivity index (χ0v) is 34.7. The minimum atomic E-state index is 0.255. The lowest BCUT2D eigenvalue weighted by molar-refractivity contribution is 0.160. The Kier molecular flexibility index (Phi) is 10.6. The number of anilines is 3. The summed E-state index contributed by atoms with van der Waals surface area (Å²) in [6.07, 6.45) is 12.9. The van der Waals surface area contributed by atoms with Crippen molar-refractivity contribution in [3.05, 3.63) is 109 Å². The first-order valence-electron chi connectivity index (χ1n) is 21.5. The van der Waals surface area contributed by atoms with Crippen molar-refractivity contribution in [2.24, 2.45) is 13.0 Å². The molecule has 1 atom stereocenters. The van der Waals surface area contributed by atoms with Crippen molar-refractivity contribution in [2.75, 3.05) is 54.4 Å². The molecule has 58 heavy (non-hydrogen) atoms. The Morgan fingerprint density at radius 3 is 2.38 bits per heavy atom. The van der Waals surface area contributed by atoms with Crippen molar-refractivity contribution in [1.82, 2.24) is 39.5 Å². The SMILES string of the molecule is C=C1CCC(c2ccc(N3CCC(N4CCN(c5ccc6nc(NC(=C)c7cc(C)nc(-c8cnn(C)c8CCC)c7)n(CC7CC7)c6c5)CC4)CC3)cn2)C(=C)N1. The number of rotatable bonds is 12. The maximum absolute atomic E-state index is 5.14. The highest BCUT2D eigenvalue weighted by molar-refractivity contribution is 5.85. The molecule has 1 aromatic carbocycles. The number of nitrogens with one attached hydrogen (secondary N) is 2. The number of aryl methyl sites for hydroxylation is 2. The first-order valence-corrected chi connectivity index (χ1v) is 21.5. The van der Waals surface area contributed by atoms with E-state index in [4.69, 9.17) is 15.0 Å². The van der Waals surface area contributed by atoms with E-state index in [2.05, 4.69) is 110 Å². The Bertz CT molecular complexity index is 2310. The van der Waals surface area contributed by atoms with Gasteiger partial charge in [0, 0.05) is 116 Å². The van der Waals surface area contributed by atoms with Crippen molar-refractivity contribution >= 4 is 34.1 Å². The summed E-state index contributed by atoms with van der Waals surface area (Å²) < 4.78 is 4.37. The molecule has 11 heteroatoms. The number of allylic oxidation sites excluding steroid dienone is 2. The van der Waals surface area contributed by atoms with Gasteiger partial charge in [0.2, 0.25) is 5.95 Å². The molecular weight excluding hydrogens is 719 g/mol. The fourth-order valence-corrected chi connectivity index (χ4v) is 9.37. The summed E-state index contributed by atoms with van der Waals surface area (Å²) in [5, 5.41) is 11.5.